The number of hydrogen-bond donors (Lipinski definition) is 3. The van der Waals surface area contributed by atoms with E-state index < -0.39 is 24.1 Å². The Morgan fingerprint density at radius 1 is 1.53 bits per heavy atom. The lowest BCUT2D eigenvalue weighted by molar-refractivity contribution is -0.141. The van der Waals surface area contributed by atoms with E-state index in [0.717, 1.165) is 19.5 Å². The molecule has 0 spiro atoms. The van der Waals surface area contributed by atoms with Gasteiger partial charge in [0.2, 0.25) is 0 Å². The summed E-state index contributed by atoms with van der Waals surface area (Å²) in [4.78, 5) is 26.4. The molecule has 0 radical (unpaired) electrons. The third kappa shape index (κ3) is 4.68. The Balaban J connectivity index is 2.45. The van der Waals surface area contributed by atoms with E-state index in [1.807, 2.05) is 7.05 Å². The first-order chi connectivity index (χ1) is 8.81. The summed E-state index contributed by atoms with van der Waals surface area (Å²) in [6.07, 6.45) is -0.0974. The number of amides is 2. The minimum Gasteiger partial charge on any atom is -0.480 e. The molecular formula is C12H23N3O4. The van der Waals surface area contributed by atoms with Crippen LogP contribution in [0.3, 0.4) is 0 Å². The number of nitrogens with one attached hydrogen (secondary N) is 1. The zero-order chi connectivity index (χ0) is 14.6. The number of rotatable bonds is 5. The fourth-order valence-electron chi connectivity index (χ4n) is 2.28. The maximum atomic E-state index is 11.9. The number of aliphatic hydroxyl groups excluding tert-OH is 1. The molecule has 1 heterocycles. The van der Waals surface area contributed by atoms with Crippen molar-refractivity contribution in [1.29, 1.82) is 0 Å². The summed E-state index contributed by atoms with van der Waals surface area (Å²) in [5.41, 5.74) is 0. The molecule has 1 aliphatic heterocycles. The molecule has 19 heavy (non-hydrogen) atoms. The van der Waals surface area contributed by atoms with E-state index >= 15 is 0 Å². The third-order valence-electron chi connectivity index (χ3n) is 3.40. The summed E-state index contributed by atoms with van der Waals surface area (Å²) in [6.45, 7) is 3.88. The number of carbonyl (C=O) groups is 2. The molecule has 1 rings (SSSR count). The van der Waals surface area contributed by atoms with Gasteiger partial charge in [-0.05, 0) is 32.9 Å². The molecule has 0 aromatic rings. The summed E-state index contributed by atoms with van der Waals surface area (Å²) in [7, 11) is 3.67. The molecule has 2 amide bonds. The molecule has 110 valence electrons. The predicted octanol–water partition coefficient (Wildman–Crippen LogP) is -0.586. The zero-order valence-electron chi connectivity index (χ0n) is 11.7. The van der Waals surface area contributed by atoms with Gasteiger partial charge in [-0.1, -0.05) is 0 Å². The van der Waals surface area contributed by atoms with Gasteiger partial charge in [-0.25, -0.2) is 9.59 Å². The Kier molecular flexibility index (Phi) is 5.56. The molecule has 7 heteroatoms. The van der Waals surface area contributed by atoms with Gasteiger partial charge in [-0.3, -0.25) is 0 Å². The molecule has 7 nitrogen and oxygen atoms in total. The summed E-state index contributed by atoms with van der Waals surface area (Å²) in [5, 5.41) is 20.5. The third-order valence-corrected chi connectivity index (χ3v) is 3.40. The van der Waals surface area contributed by atoms with Crippen LogP contribution < -0.4 is 5.32 Å². The number of urea groups is 1. The fraction of sp³-hybridized carbons (Fsp3) is 0.833. The van der Waals surface area contributed by atoms with Gasteiger partial charge in [0.05, 0.1) is 6.10 Å². The van der Waals surface area contributed by atoms with E-state index in [4.69, 9.17) is 5.11 Å². The zero-order valence-corrected chi connectivity index (χ0v) is 11.7. The van der Waals surface area contributed by atoms with E-state index in [1.165, 1.54) is 11.8 Å². The number of carboxylic acids is 1. The molecule has 3 N–H and O–H groups in total. The Morgan fingerprint density at radius 3 is 2.58 bits per heavy atom. The molecule has 1 saturated heterocycles. The highest BCUT2D eigenvalue weighted by Gasteiger charge is 2.28. The van der Waals surface area contributed by atoms with Crippen LogP contribution in [0.2, 0.25) is 0 Å². The van der Waals surface area contributed by atoms with Gasteiger partial charge < -0.3 is 25.3 Å². The van der Waals surface area contributed by atoms with Crippen molar-refractivity contribution in [3.63, 3.8) is 0 Å². The molecule has 0 aromatic heterocycles. The summed E-state index contributed by atoms with van der Waals surface area (Å²) < 4.78 is 0. The highest BCUT2D eigenvalue weighted by molar-refractivity contribution is 5.82. The molecular weight excluding hydrogens is 250 g/mol. The second-order valence-electron chi connectivity index (χ2n) is 5.30. The number of carboxylic acid groups (broad SMARTS) is 1. The Hall–Kier alpha value is -1.34. The Morgan fingerprint density at radius 2 is 2.16 bits per heavy atom. The smallest absolute Gasteiger partial charge is 0.328 e. The van der Waals surface area contributed by atoms with Gasteiger partial charge in [0.25, 0.3) is 0 Å². The molecule has 1 aliphatic rings. The minimum atomic E-state index is -1.28. The van der Waals surface area contributed by atoms with Crippen LogP contribution in [0.4, 0.5) is 4.79 Å². The van der Waals surface area contributed by atoms with Crippen LogP contribution in [-0.4, -0.2) is 77.9 Å². The van der Waals surface area contributed by atoms with Crippen LogP contribution in [0.5, 0.6) is 0 Å². The topological polar surface area (TPSA) is 93.1 Å². The lowest BCUT2D eigenvalue weighted by Gasteiger charge is -2.24. The average molecular weight is 273 g/mol. The second-order valence-corrected chi connectivity index (χ2v) is 5.30. The van der Waals surface area contributed by atoms with Crippen molar-refractivity contribution < 1.29 is 19.8 Å². The lowest BCUT2D eigenvalue weighted by Crippen LogP contribution is -2.52. The van der Waals surface area contributed by atoms with Crippen LogP contribution >= 0.6 is 0 Å². The first kappa shape index (κ1) is 15.7. The molecule has 3 atom stereocenters. The number of likely N-dealkylation sites (tertiary alicyclic amines) is 1. The lowest BCUT2D eigenvalue weighted by atomic mass is 10.1. The first-order valence-electron chi connectivity index (χ1n) is 6.42. The van der Waals surface area contributed by atoms with E-state index in [0.29, 0.717) is 12.5 Å². The molecule has 0 bridgehead atoms. The maximum absolute atomic E-state index is 11.9. The minimum absolute atomic E-state index is 0.413. The molecule has 3 unspecified atom stereocenters. The van der Waals surface area contributed by atoms with Crippen molar-refractivity contribution in [1.82, 2.24) is 15.1 Å². The molecule has 0 aromatic carbocycles. The van der Waals surface area contributed by atoms with Crippen LogP contribution in [0.15, 0.2) is 0 Å². The van der Waals surface area contributed by atoms with Crippen LogP contribution in [0.1, 0.15) is 13.3 Å². The summed E-state index contributed by atoms with van der Waals surface area (Å²) in [6, 6.07) is -1.75. The molecule has 1 fully saturated rings. The monoisotopic (exact) mass is 273 g/mol. The van der Waals surface area contributed by atoms with Crippen molar-refractivity contribution in [2.24, 2.45) is 5.92 Å². The highest BCUT2D eigenvalue weighted by atomic mass is 16.4. The van der Waals surface area contributed by atoms with Crippen LogP contribution in [0.25, 0.3) is 0 Å². The van der Waals surface area contributed by atoms with Gasteiger partial charge in [0.1, 0.15) is 0 Å². The molecule has 0 aliphatic carbocycles. The SMILES string of the molecule is CC(O)C(NC(=O)N(C)CC1CCN(C)C1)C(=O)O. The fourth-order valence-corrected chi connectivity index (χ4v) is 2.28. The number of nitrogens with zero attached hydrogens (tertiary/aromatic N) is 2. The van der Waals surface area contributed by atoms with Crippen molar-refractivity contribution >= 4 is 12.0 Å². The van der Waals surface area contributed by atoms with E-state index in [9.17, 15) is 14.7 Å². The average Bonchev–Trinajstić information content (AvgIpc) is 2.70. The van der Waals surface area contributed by atoms with E-state index in [1.54, 1.807) is 7.05 Å². The Bertz CT molecular complexity index is 335. The van der Waals surface area contributed by atoms with Crippen molar-refractivity contribution in [3.8, 4) is 0 Å². The largest absolute Gasteiger partial charge is 0.480 e. The van der Waals surface area contributed by atoms with E-state index in [2.05, 4.69) is 10.2 Å². The number of carbonyl (C=O) groups excluding carboxylic acids is 1. The summed E-state index contributed by atoms with van der Waals surface area (Å²) >= 11 is 0. The number of hydrogen-bond acceptors (Lipinski definition) is 4. The number of aliphatic carboxylic acids is 1. The Labute approximate surface area is 113 Å². The van der Waals surface area contributed by atoms with Gasteiger partial charge in [0.15, 0.2) is 6.04 Å². The van der Waals surface area contributed by atoms with Gasteiger partial charge in [-0.2, -0.15) is 0 Å². The van der Waals surface area contributed by atoms with Crippen molar-refractivity contribution in [2.45, 2.75) is 25.5 Å². The van der Waals surface area contributed by atoms with Gasteiger partial charge in [0, 0.05) is 20.1 Å². The second kappa shape index (κ2) is 6.72. The maximum Gasteiger partial charge on any atom is 0.328 e. The number of aliphatic hydroxyl groups is 1. The highest BCUT2D eigenvalue weighted by Crippen LogP contribution is 2.15. The predicted molar refractivity (Wildman–Crippen MR) is 69.9 cm³/mol. The quantitative estimate of drug-likeness (QED) is 0.623. The van der Waals surface area contributed by atoms with Gasteiger partial charge in [-0.15, -0.1) is 0 Å². The van der Waals surface area contributed by atoms with Crippen molar-refractivity contribution in [2.75, 3.05) is 33.7 Å². The first-order valence-corrected chi connectivity index (χ1v) is 6.42. The normalized spacial score (nSPS) is 22.8. The van der Waals surface area contributed by atoms with E-state index in [-0.39, 0.29) is 0 Å². The van der Waals surface area contributed by atoms with Crippen LogP contribution in [0, 0.1) is 5.92 Å². The van der Waals surface area contributed by atoms with Crippen molar-refractivity contribution in [3.05, 3.63) is 0 Å². The van der Waals surface area contributed by atoms with Gasteiger partial charge >= 0.3 is 12.0 Å². The standard InChI is InChI=1S/C12H23N3O4/c1-8(16)10(11(17)18)13-12(19)15(3)7-9-4-5-14(2)6-9/h8-10,16H,4-7H2,1-3H3,(H,13,19)(H,17,18). The summed E-state index contributed by atoms with van der Waals surface area (Å²) in [5.74, 6) is -0.826. The molecule has 0 saturated carbocycles. The van der Waals surface area contributed by atoms with Crippen LogP contribution in [-0.2, 0) is 4.79 Å².